The largest absolute Gasteiger partial charge is 0.364 e. The molecule has 0 saturated heterocycles. The number of nitrogens with one attached hydrogen (secondary N) is 2. The average Bonchev–Trinajstić information content (AvgIpc) is 2.96. The van der Waals surface area contributed by atoms with Crippen molar-refractivity contribution in [1.82, 2.24) is 15.4 Å². The van der Waals surface area contributed by atoms with E-state index in [2.05, 4.69) is 20.7 Å². The second-order valence-corrected chi connectivity index (χ2v) is 6.03. The number of amides is 1. The zero-order valence-corrected chi connectivity index (χ0v) is 11.9. The number of fused-ring (bicyclic) bond motifs is 2. The van der Waals surface area contributed by atoms with Crippen molar-refractivity contribution in [3.8, 4) is 0 Å². The second-order valence-electron chi connectivity index (χ2n) is 5.69. The summed E-state index contributed by atoms with van der Waals surface area (Å²) in [6, 6.07) is -0.659. The van der Waals surface area contributed by atoms with E-state index in [1.54, 1.807) is 0 Å². The van der Waals surface area contributed by atoms with Crippen molar-refractivity contribution < 1.29 is 9.18 Å². The first-order valence-corrected chi connectivity index (χ1v) is 7.06. The fourth-order valence-electron chi connectivity index (χ4n) is 3.76. The van der Waals surface area contributed by atoms with Crippen LogP contribution in [0.15, 0.2) is 6.20 Å². The summed E-state index contributed by atoms with van der Waals surface area (Å²) >= 11 is 5.68. The summed E-state index contributed by atoms with van der Waals surface area (Å²) in [6.45, 7) is 0. The number of anilines is 1. The first kappa shape index (κ1) is 14.4. The molecule has 1 aromatic heterocycles. The van der Waals surface area contributed by atoms with Gasteiger partial charge in [-0.2, -0.15) is 4.98 Å². The Morgan fingerprint density at radius 1 is 1.52 bits per heavy atom. The molecular weight excluding hydrogens is 299 g/mol. The molecule has 3 rings (SSSR count). The lowest BCUT2D eigenvalue weighted by Crippen LogP contribution is -2.59. The maximum atomic E-state index is 13.8. The maximum absolute atomic E-state index is 13.8. The lowest BCUT2D eigenvalue weighted by Gasteiger charge is -2.38. The van der Waals surface area contributed by atoms with E-state index in [0.29, 0.717) is 18.8 Å². The number of rotatable bonds is 3. The zero-order valence-electron chi connectivity index (χ0n) is 11.1. The van der Waals surface area contributed by atoms with Crippen LogP contribution < -0.4 is 22.3 Å². The van der Waals surface area contributed by atoms with Crippen molar-refractivity contribution >= 4 is 23.3 Å². The third-order valence-corrected chi connectivity index (χ3v) is 4.83. The molecule has 7 nitrogen and oxygen atoms in total. The Labute approximate surface area is 125 Å². The van der Waals surface area contributed by atoms with Gasteiger partial charge in [0, 0.05) is 12.1 Å². The van der Waals surface area contributed by atoms with E-state index in [0.717, 1.165) is 12.6 Å². The van der Waals surface area contributed by atoms with Crippen molar-refractivity contribution in [2.75, 3.05) is 5.32 Å². The predicted octanol–water partition coefficient (Wildman–Crippen LogP) is 0.167. The summed E-state index contributed by atoms with van der Waals surface area (Å²) in [5, 5.41) is 2.89. The average molecular weight is 315 g/mol. The van der Waals surface area contributed by atoms with Gasteiger partial charge in [0.2, 0.25) is 11.2 Å². The molecule has 4 unspecified atom stereocenters. The normalized spacial score (nSPS) is 34.0. The third kappa shape index (κ3) is 2.14. The van der Waals surface area contributed by atoms with Crippen LogP contribution in [0.3, 0.4) is 0 Å². The number of carbonyl (C=O) groups is 1. The minimum absolute atomic E-state index is 0.0241. The number of hydrazine groups is 1. The number of nitrogens with two attached hydrogens (primary N) is 2. The van der Waals surface area contributed by atoms with E-state index in [1.165, 1.54) is 0 Å². The molecule has 4 atom stereocenters. The Morgan fingerprint density at radius 3 is 2.95 bits per heavy atom. The smallest absolute Gasteiger partial charge is 0.243 e. The standard InChI is InChI=1S/C12H16ClFN6O/c13-11-17-4-6(14)9(19-11)18-8-2-5-1-7(15)12(8,3-5)10(21)20-16/h4-5,7-8H,1-3,15-16H2,(H,20,21)(H,17,18,19). The topological polar surface area (TPSA) is 119 Å². The van der Waals surface area contributed by atoms with E-state index < -0.39 is 11.2 Å². The van der Waals surface area contributed by atoms with E-state index in [9.17, 15) is 9.18 Å². The molecule has 2 fully saturated rings. The maximum Gasteiger partial charge on any atom is 0.243 e. The molecule has 0 spiro atoms. The molecule has 6 N–H and O–H groups in total. The van der Waals surface area contributed by atoms with Crippen molar-refractivity contribution in [1.29, 1.82) is 0 Å². The zero-order chi connectivity index (χ0) is 15.2. The Morgan fingerprint density at radius 2 is 2.29 bits per heavy atom. The monoisotopic (exact) mass is 314 g/mol. The molecule has 0 radical (unpaired) electrons. The summed E-state index contributed by atoms with van der Waals surface area (Å²) in [6.07, 6.45) is 3.09. The third-order valence-electron chi connectivity index (χ3n) is 4.65. The highest BCUT2D eigenvalue weighted by atomic mass is 35.5. The highest BCUT2D eigenvalue weighted by Gasteiger charge is 2.61. The van der Waals surface area contributed by atoms with Gasteiger partial charge in [0.1, 0.15) is 0 Å². The van der Waals surface area contributed by atoms with E-state index in [4.69, 9.17) is 23.2 Å². The molecule has 0 aliphatic heterocycles. The van der Waals surface area contributed by atoms with Gasteiger partial charge in [0.05, 0.1) is 11.6 Å². The minimum atomic E-state index is -0.844. The molecule has 114 valence electrons. The first-order valence-electron chi connectivity index (χ1n) is 6.68. The summed E-state index contributed by atoms with van der Waals surface area (Å²) in [7, 11) is 0. The molecule has 21 heavy (non-hydrogen) atoms. The Kier molecular flexibility index (Phi) is 3.46. The van der Waals surface area contributed by atoms with Crippen LogP contribution in [-0.4, -0.2) is 28.0 Å². The molecule has 1 heterocycles. The van der Waals surface area contributed by atoms with Crippen LogP contribution in [0.5, 0.6) is 0 Å². The van der Waals surface area contributed by atoms with Gasteiger partial charge >= 0.3 is 0 Å². The highest BCUT2D eigenvalue weighted by molar-refractivity contribution is 6.28. The fourth-order valence-corrected chi connectivity index (χ4v) is 3.89. The van der Waals surface area contributed by atoms with Gasteiger partial charge < -0.3 is 11.1 Å². The van der Waals surface area contributed by atoms with Crippen LogP contribution in [0.25, 0.3) is 0 Å². The summed E-state index contributed by atoms with van der Waals surface area (Å²) in [5.41, 5.74) is 7.48. The van der Waals surface area contributed by atoms with Crippen LogP contribution in [-0.2, 0) is 4.79 Å². The summed E-state index contributed by atoms with van der Waals surface area (Å²) < 4.78 is 13.8. The fraction of sp³-hybridized carbons (Fsp3) is 0.583. The lowest BCUT2D eigenvalue weighted by molar-refractivity contribution is -0.131. The quantitative estimate of drug-likeness (QED) is 0.273. The van der Waals surface area contributed by atoms with Gasteiger partial charge in [-0.3, -0.25) is 10.2 Å². The van der Waals surface area contributed by atoms with Gasteiger partial charge in [0.25, 0.3) is 0 Å². The molecule has 9 heteroatoms. The Hall–Kier alpha value is -1.51. The molecule has 2 bridgehead atoms. The van der Waals surface area contributed by atoms with Gasteiger partial charge in [-0.15, -0.1) is 0 Å². The van der Waals surface area contributed by atoms with Gasteiger partial charge in [0.15, 0.2) is 11.6 Å². The summed E-state index contributed by atoms with van der Waals surface area (Å²) in [4.78, 5) is 19.6. The molecule has 0 aromatic carbocycles. The van der Waals surface area contributed by atoms with E-state index in [-0.39, 0.29) is 29.1 Å². The molecular formula is C12H16ClFN6O. The van der Waals surface area contributed by atoms with Crippen LogP contribution in [0.1, 0.15) is 19.3 Å². The van der Waals surface area contributed by atoms with Gasteiger partial charge in [-0.25, -0.2) is 15.2 Å². The molecule has 2 aliphatic rings. The number of carbonyl (C=O) groups excluding carboxylic acids is 1. The molecule has 2 aliphatic carbocycles. The van der Waals surface area contributed by atoms with Crippen LogP contribution >= 0.6 is 11.6 Å². The number of hydrogen-bond acceptors (Lipinski definition) is 6. The number of nitrogens with zero attached hydrogens (tertiary/aromatic N) is 2. The first-order chi connectivity index (χ1) is 9.97. The van der Waals surface area contributed by atoms with E-state index in [1.807, 2.05) is 0 Å². The van der Waals surface area contributed by atoms with Gasteiger partial charge in [-0.05, 0) is 36.8 Å². The van der Waals surface area contributed by atoms with Crippen molar-refractivity contribution in [2.24, 2.45) is 22.9 Å². The summed E-state index contributed by atoms with van der Waals surface area (Å²) in [5.74, 6) is 4.64. The second kappa shape index (κ2) is 5.04. The highest BCUT2D eigenvalue weighted by Crippen LogP contribution is 2.54. The number of aromatic nitrogens is 2. The van der Waals surface area contributed by atoms with Crippen molar-refractivity contribution in [2.45, 2.75) is 31.3 Å². The SMILES string of the molecule is NNC(=O)C12CC(CC1N)CC2Nc1nc(Cl)ncc1F. The van der Waals surface area contributed by atoms with E-state index >= 15 is 0 Å². The molecule has 1 aromatic rings. The molecule has 1 amide bonds. The Balaban J connectivity index is 1.91. The predicted molar refractivity (Wildman–Crippen MR) is 74.5 cm³/mol. The van der Waals surface area contributed by atoms with Crippen LogP contribution in [0.2, 0.25) is 5.28 Å². The van der Waals surface area contributed by atoms with Crippen molar-refractivity contribution in [3.63, 3.8) is 0 Å². The van der Waals surface area contributed by atoms with Crippen molar-refractivity contribution in [3.05, 3.63) is 17.3 Å². The van der Waals surface area contributed by atoms with Crippen LogP contribution in [0, 0.1) is 17.2 Å². The lowest BCUT2D eigenvalue weighted by atomic mass is 9.75. The number of halogens is 2. The minimum Gasteiger partial charge on any atom is -0.364 e. The number of hydrogen-bond donors (Lipinski definition) is 4. The van der Waals surface area contributed by atoms with Gasteiger partial charge in [-0.1, -0.05) is 0 Å². The molecule has 2 saturated carbocycles. The Bertz CT molecular complexity index is 587. The van der Waals surface area contributed by atoms with Crippen LogP contribution in [0.4, 0.5) is 10.2 Å².